The number of carboxylic acids is 1. The first-order valence-electron chi connectivity index (χ1n) is 12.5. The Kier molecular flexibility index (Phi) is 14.4. The number of methoxy groups -OCH3 is 1. The van der Waals surface area contributed by atoms with E-state index in [1.54, 1.807) is 7.11 Å². The number of aliphatic carboxylic acids is 1. The highest BCUT2D eigenvalue weighted by Gasteiger charge is 2.35. The summed E-state index contributed by atoms with van der Waals surface area (Å²) in [6.07, 6.45) is -2.26. The van der Waals surface area contributed by atoms with Crippen molar-refractivity contribution in [2.45, 2.75) is 71.0 Å². The summed E-state index contributed by atoms with van der Waals surface area (Å²) >= 11 is 0. The number of anilines is 1. The molecule has 0 aliphatic rings. The highest BCUT2D eigenvalue weighted by atomic mass is 19.4. The van der Waals surface area contributed by atoms with Crippen LogP contribution < -0.4 is 10.6 Å². The Morgan fingerprint density at radius 3 is 2.44 bits per heavy atom. The summed E-state index contributed by atoms with van der Waals surface area (Å²) in [6, 6.07) is 2.85. The van der Waals surface area contributed by atoms with E-state index < -0.39 is 36.4 Å². The van der Waals surface area contributed by atoms with Gasteiger partial charge in [-0.2, -0.15) is 13.2 Å². The number of rotatable bonds is 18. The van der Waals surface area contributed by atoms with E-state index in [1.807, 2.05) is 18.0 Å². The van der Waals surface area contributed by atoms with Gasteiger partial charge in [-0.25, -0.2) is 9.78 Å². The quantitative estimate of drug-likeness (QED) is 0.253. The highest BCUT2D eigenvalue weighted by molar-refractivity contribution is 5.85. The third-order valence-corrected chi connectivity index (χ3v) is 6.11. The number of hydrogen-bond donors (Lipinski definition) is 3. The number of carbonyl (C=O) groups excluding carboxylic acids is 1. The van der Waals surface area contributed by atoms with Crippen molar-refractivity contribution in [2.24, 2.45) is 5.92 Å². The molecule has 0 saturated heterocycles. The first-order chi connectivity index (χ1) is 17.0. The van der Waals surface area contributed by atoms with Gasteiger partial charge in [0.05, 0.1) is 13.0 Å². The van der Waals surface area contributed by atoms with Gasteiger partial charge in [0.1, 0.15) is 11.9 Å². The van der Waals surface area contributed by atoms with E-state index in [-0.39, 0.29) is 12.8 Å². The lowest BCUT2D eigenvalue weighted by atomic mass is 10.0. The number of carboxylic acid groups (broad SMARTS) is 1. The van der Waals surface area contributed by atoms with Crippen LogP contribution in [0.1, 0.15) is 57.2 Å². The van der Waals surface area contributed by atoms with Crippen LogP contribution in [0.2, 0.25) is 0 Å². The van der Waals surface area contributed by atoms with Gasteiger partial charge in [-0.1, -0.05) is 19.9 Å². The Morgan fingerprint density at radius 1 is 1.17 bits per heavy atom. The minimum absolute atomic E-state index is 0.0243. The standard InChI is InChI=1S/C25H41F3N4O4/c1-5-18-10-11-20(30-22(18)29-3)9-7-8-13-32(15-16-36-4)14-12-21(24(34)35)31-23(33)19(6-2)17-25(26,27)28/h10-11,19,21H,5-9,12-17H2,1-4H3,(H,29,30)(H,31,33)(H,34,35). The van der Waals surface area contributed by atoms with Crippen molar-refractivity contribution in [3.8, 4) is 0 Å². The van der Waals surface area contributed by atoms with Gasteiger partial charge in [0.25, 0.3) is 0 Å². The maximum Gasteiger partial charge on any atom is 0.389 e. The first-order valence-corrected chi connectivity index (χ1v) is 12.5. The summed E-state index contributed by atoms with van der Waals surface area (Å²) in [5, 5.41) is 14.9. The number of alkyl halides is 3. The molecule has 1 aromatic heterocycles. The van der Waals surface area contributed by atoms with Crippen LogP contribution in [0.4, 0.5) is 19.0 Å². The van der Waals surface area contributed by atoms with E-state index in [4.69, 9.17) is 4.74 Å². The molecule has 0 bridgehead atoms. The van der Waals surface area contributed by atoms with Gasteiger partial charge in [-0.05, 0) is 56.7 Å². The second-order valence-electron chi connectivity index (χ2n) is 8.82. The van der Waals surface area contributed by atoms with E-state index in [2.05, 4.69) is 28.6 Å². The average molecular weight is 519 g/mol. The molecule has 11 heteroatoms. The molecule has 2 atom stereocenters. The first kappa shape index (κ1) is 31.6. The molecule has 1 rings (SSSR count). The number of unbranched alkanes of at least 4 members (excludes halogenated alkanes) is 1. The normalized spacial score (nSPS) is 13.4. The molecule has 8 nitrogen and oxygen atoms in total. The van der Waals surface area contributed by atoms with Crippen molar-refractivity contribution in [1.29, 1.82) is 0 Å². The lowest BCUT2D eigenvalue weighted by Gasteiger charge is -2.25. The molecule has 0 saturated carbocycles. The van der Waals surface area contributed by atoms with Gasteiger partial charge >= 0.3 is 12.1 Å². The Hall–Kier alpha value is -2.40. The molecular formula is C25H41F3N4O4. The monoisotopic (exact) mass is 518 g/mol. The van der Waals surface area contributed by atoms with Crippen molar-refractivity contribution in [3.63, 3.8) is 0 Å². The lowest BCUT2D eigenvalue weighted by Crippen LogP contribution is -2.46. The van der Waals surface area contributed by atoms with E-state index in [1.165, 1.54) is 6.92 Å². The Labute approximate surface area is 212 Å². The molecule has 1 heterocycles. The fraction of sp³-hybridized carbons (Fsp3) is 0.720. The molecule has 1 amide bonds. The summed E-state index contributed by atoms with van der Waals surface area (Å²) in [7, 11) is 3.43. The van der Waals surface area contributed by atoms with Crippen LogP contribution in [0, 0.1) is 5.92 Å². The minimum atomic E-state index is -4.49. The third kappa shape index (κ3) is 12.0. The van der Waals surface area contributed by atoms with E-state index >= 15 is 0 Å². The van der Waals surface area contributed by atoms with Gasteiger partial charge < -0.3 is 25.4 Å². The second-order valence-corrected chi connectivity index (χ2v) is 8.82. The summed E-state index contributed by atoms with van der Waals surface area (Å²) < 4.78 is 43.3. The second kappa shape index (κ2) is 16.4. The average Bonchev–Trinajstić information content (AvgIpc) is 2.84. The number of halogens is 3. The van der Waals surface area contributed by atoms with Gasteiger partial charge in [-0.3, -0.25) is 4.79 Å². The van der Waals surface area contributed by atoms with Gasteiger partial charge in [-0.15, -0.1) is 0 Å². The highest BCUT2D eigenvalue weighted by Crippen LogP contribution is 2.26. The molecular weight excluding hydrogens is 477 g/mol. The molecule has 0 aliphatic carbocycles. The summed E-state index contributed by atoms with van der Waals surface area (Å²) in [4.78, 5) is 30.7. The molecule has 0 spiro atoms. The van der Waals surface area contributed by atoms with Gasteiger partial charge in [0, 0.05) is 38.9 Å². The molecule has 36 heavy (non-hydrogen) atoms. The molecule has 206 valence electrons. The number of carbonyl (C=O) groups is 2. The molecule has 0 radical (unpaired) electrons. The number of aromatic nitrogens is 1. The number of aryl methyl sites for hydroxylation is 2. The fourth-order valence-corrected chi connectivity index (χ4v) is 3.93. The molecule has 1 aromatic rings. The van der Waals surface area contributed by atoms with Crippen LogP contribution in [0.25, 0.3) is 0 Å². The van der Waals surface area contributed by atoms with Crippen LogP contribution in [-0.4, -0.2) is 79.5 Å². The zero-order valence-corrected chi connectivity index (χ0v) is 21.8. The zero-order chi connectivity index (χ0) is 27.1. The molecule has 0 aromatic carbocycles. The summed E-state index contributed by atoms with van der Waals surface area (Å²) in [5.74, 6) is -2.56. The van der Waals surface area contributed by atoms with Crippen LogP contribution in [0.3, 0.4) is 0 Å². The predicted octanol–water partition coefficient (Wildman–Crippen LogP) is 3.89. The van der Waals surface area contributed by atoms with E-state index in [0.717, 1.165) is 42.8 Å². The SMILES string of the molecule is CCc1ccc(CCCCN(CCOC)CCC(NC(=O)C(CC)CC(F)(F)F)C(=O)O)nc1NC. The van der Waals surface area contributed by atoms with Crippen molar-refractivity contribution in [2.75, 3.05) is 45.7 Å². The van der Waals surface area contributed by atoms with Crippen LogP contribution >= 0.6 is 0 Å². The van der Waals surface area contributed by atoms with Gasteiger partial charge in [0.15, 0.2) is 0 Å². The Bertz CT molecular complexity index is 808. The maximum absolute atomic E-state index is 12.7. The van der Waals surface area contributed by atoms with E-state index in [0.29, 0.717) is 26.2 Å². The topological polar surface area (TPSA) is 104 Å². The number of amides is 1. The molecule has 0 fully saturated rings. The van der Waals surface area contributed by atoms with Crippen LogP contribution in [0.15, 0.2) is 12.1 Å². The number of ether oxygens (including phenoxy) is 1. The largest absolute Gasteiger partial charge is 0.480 e. The number of nitrogens with one attached hydrogen (secondary N) is 2. The molecule has 0 aliphatic heterocycles. The molecule has 3 N–H and O–H groups in total. The van der Waals surface area contributed by atoms with Crippen molar-refractivity contribution < 1.29 is 32.6 Å². The number of nitrogens with zero attached hydrogens (tertiary/aromatic N) is 2. The Morgan fingerprint density at radius 2 is 1.89 bits per heavy atom. The minimum Gasteiger partial charge on any atom is -0.480 e. The van der Waals surface area contributed by atoms with E-state index in [9.17, 15) is 27.9 Å². The Balaban J connectivity index is 2.63. The van der Waals surface area contributed by atoms with Crippen LogP contribution in [-0.2, 0) is 27.2 Å². The lowest BCUT2D eigenvalue weighted by molar-refractivity contribution is -0.156. The summed E-state index contributed by atoms with van der Waals surface area (Å²) in [6.45, 7) is 5.66. The number of hydrogen-bond acceptors (Lipinski definition) is 6. The number of pyridine rings is 1. The van der Waals surface area contributed by atoms with Crippen molar-refractivity contribution in [1.82, 2.24) is 15.2 Å². The maximum atomic E-state index is 12.7. The smallest absolute Gasteiger partial charge is 0.389 e. The zero-order valence-electron chi connectivity index (χ0n) is 21.8. The predicted molar refractivity (Wildman–Crippen MR) is 133 cm³/mol. The summed E-state index contributed by atoms with van der Waals surface area (Å²) in [5.41, 5.74) is 2.16. The van der Waals surface area contributed by atoms with Crippen molar-refractivity contribution >= 4 is 17.7 Å². The van der Waals surface area contributed by atoms with Gasteiger partial charge in [0.2, 0.25) is 5.91 Å². The fourth-order valence-electron chi connectivity index (χ4n) is 3.93. The van der Waals surface area contributed by atoms with Crippen LogP contribution in [0.5, 0.6) is 0 Å². The third-order valence-electron chi connectivity index (χ3n) is 6.11. The molecule has 2 unspecified atom stereocenters. The van der Waals surface area contributed by atoms with Crippen molar-refractivity contribution in [3.05, 3.63) is 23.4 Å².